The zero-order valence-electron chi connectivity index (χ0n) is 9.29. The van der Waals surface area contributed by atoms with Gasteiger partial charge in [0.05, 0.1) is 0 Å². The van der Waals surface area contributed by atoms with Crippen LogP contribution in [0.15, 0.2) is 36.4 Å². The number of hydrogen-bond donors (Lipinski definition) is 1. The van der Waals surface area contributed by atoms with Crippen LogP contribution < -0.4 is 5.32 Å². The first-order valence-electron chi connectivity index (χ1n) is 5.24. The maximum Gasteiger partial charge on any atom is 0.159 e. The van der Waals surface area contributed by atoms with Gasteiger partial charge in [-0.15, -0.1) is 0 Å². The van der Waals surface area contributed by atoms with Crippen molar-refractivity contribution in [3.05, 3.63) is 42.0 Å². The molecule has 0 radical (unpaired) electrons. The monoisotopic (exact) mass is 203 g/mol. The summed E-state index contributed by atoms with van der Waals surface area (Å²) in [5.41, 5.74) is 2.12. The number of nitrogens with one attached hydrogen (secondary N) is 1. The Morgan fingerprint density at radius 1 is 1.47 bits per heavy atom. The van der Waals surface area contributed by atoms with Crippen LogP contribution in [0.2, 0.25) is 0 Å². The number of benzene rings is 1. The summed E-state index contributed by atoms with van der Waals surface area (Å²) in [6.45, 7) is 4.80. The smallest absolute Gasteiger partial charge is 0.159 e. The third kappa shape index (κ3) is 3.98. The van der Waals surface area contributed by atoms with E-state index in [4.69, 9.17) is 0 Å². The predicted molar refractivity (Wildman–Crippen MR) is 64.1 cm³/mol. The van der Waals surface area contributed by atoms with Crippen LogP contribution in [0.4, 0.5) is 5.69 Å². The van der Waals surface area contributed by atoms with E-state index in [1.54, 1.807) is 12.2 Å². The maximum absolute atomic E-state index is 11.4. The van der Waals surface area contributed by atoms with Crippen molar-refractivity contribution < 1.29 is 4.79 Å². The van der Waals surface area contributed by atoms with Crippen molar-refractivity contribution in [1.29, 1.82) is 0 Å². The van der Waals surface area contributed by atoms with E-state index in [1.165, 1.54) is 0 Å². The molecule has 2 heteroatoms. The Kier molecular flexibility index (Phi) is 4.61. The van der Waals surface area contributed by atoms with E-state index in [-0.39, 0.29) is 5.78 Å². The first-order chi connectivity index (χ1) is 7.26. The first kappa shape index (κ1) is 11.5. The summed E-state index contributed by atoms with van der Waals surface area (Å²) in [4.78, 5) is 11.4. The molecule has 0 aromatic heterocycles. The molecule has 0 fully saturated rings. The van der Waals surface area contributed by atoms with Gasteiger partial charge < -0.3 is 5.32 Å². The molecule has 1 aromatic rings. The van der Waals surface area contributed by atoms with Gasteiger partial charge >= 0.3 is 0 Å². The minimum absolute atomic E-state index is 0.145. The van der Waals surface area contributed by atoms with Gasteiger partial charge in [0.15, 0.2) is 5.78 Å². The van der Waals surface area contributed by atoms with Crippen LogP contribution in [-0.2, 0) is 11.2 Å². The van der Waals surface area contributed by atoms with Crippen LogP contribution in [-0.4, -0.2) is 12.3 Å². The third-order valence-electron chi connectivity index (χ3n) is 2.04. The number of rotatable bonds is 5. The highest BCUT2D eigenvalue weighted by Crippen LogP contribution is 2.11. The SMILES string of the molecule is CC=CC(=O)Cc1cccc(NCC)c1. The fraction of sp³-hybridized carbons (Fsp3) is 0.308. The van der Waals surface area contributed by atoms with Gasteiger partial charge in [0.25, 0.3) is 0 Å². The molecule has 2 nitrogen and oxygen atoms in total. The van der Waals surface area contributed by atoms with Crippen molar-refractivity contribution in [2.75, 3.05) is 11.9 Å². The van der Waals surface area contributed by atoms with Crippen molar-refractivity contribution in [2.45, 2.75) is 20.3 Å². The molecule has 0 bridgehead atoms. The number of allylic oxidation sites excluding steroid dienone is 2. The molecule has 0 saturated heterocycles. The highest BCUT2D eigenvalue weighted by atomic mass is 16.1. The highest BCUT2D eigenvalue weighted by Gasteiger charge is 2.00. The minimum atomic E-state index is 0.145. The molecule has 0 unspecified atom stereocenters. The molecular formula is C13H17NO. The summed E-state index contributed by atoms with van der Waals surface area (Å²) in [6.07, 6.45) is 3.86. The van der Waals surface area contributed by atoms with Gasteiger partial charge in [-0.2, -0.15) is 0 Å². The molecule has 0 saturated carbocycles. The summed E-state index contributed by atoms with van der Waals surface area (Å²) in [6, 6.07) is 7.97. The molecule has 1 rings (SSSR count). The van der Waals surface area contributed by atoms with E-state index in [2.05, 4.69) is 12.2 Å². The van der Waals surface area contributed by atoms with Crippen LogP contribution in [0.3, 0.4) is 0 Å². The Balaban J connectivity index is 2.68. The van der Waals surface area contributed by atoms with E-state index in [9.17, 15) is 4.79 Å². The Morgan fingerprint density at radius 2 is 2.27 bits per heavy atom. The second-order valence-electron chi connectivity index (χ2n) is 3.37. The van der Waals surface area contributed by atoms with Crippen molar-refractivity contribution in [3.8, 4) is 0 Å². The normalized spacial score (nSPS) is 10.5. The van der Waals surface area contributed by atoms with Gasteiger partial charge in [0.1, 0.15) is 0 Å². The van der Waals surface area contributed by atoms with Gasteiger partial charge in [-0.1, -0.05) is 18.2 Å². The summed E-state index contributed by atoms with van der Waals surface area (Å²) in [5.74, 6) is 0.145. The molecule has 0 atom stereocenters. The second kappa shape index (κ2) is 6.02. The number of carbonyl (C=O) groups is 1. The lowest BCUT2D eigenvalue weighted by Crippen LogP contribution is -2.00. The molecule has 15 heavy (non-hydrogen) atoms. The molecular weight excluding hydrogens is 186 g/mol. The lowest BCUT2D eigenvalue weighted by Gasteiger charge is -2.04. The predicted octanol–water partition coefficient (Wildman–Crippen LogP) is 2.81. The molecule has 1 aromatic carbocycles. The van der Waals surface area contributed by atoms with E-state index < -0.39 is 0 Å². The van der Waals surface area contributed by atoms with E-state index >= 15 is 0 Å². The topological polar surface area (TPSA) is 29.1 Å². The zero-order valence-corrected chi connectivity index (χ0v) is 9.29. The van der Waals surface area contributed by atoms with Crippen LogP contribution in [0.25, 0.3) is 0 Å². The lowest BCUT2D eigenvalue weighted by molar-refractivity contribution is -0.114. The summed E-state index contributed by atoms with van der Waals surface area (Å²) in [5, 5.41) is 3.22. The lowest BCUT2D eigenvalue weighted by atomic mass is 10.1. The van der Waals surface area contributed by atoms with Crippen LogP contribution >= 0.6 is 0 Å². The van der Waals surface area contributed by atoms with Crippen LogP contribution in [0.5, 0.6) is 0 Å². The highest BCUT2D eigenvalue weighted by molar-refractivity contribution is 5.91. The fourth-order valence-corrected chi connectivity index (χ4v) is 1.44. The molecule has 0 amide bonds. The van der Waals surface area contributed by atoms with Gasteiger partial charge in [0, 0.05) is 18.7 Å². The molecule has 0 aliphatic heterocycles. The maximum atomic E-state index is 11.4. The van der Waals surface area contributed by atoms with Gasteiger partial charge in [-0.25, -0.2) is 0 Å². The molecule has 0 heterocycles. The molecule has 1 N–H and O–H groups in total. The molecule has 0 aliphatic rings. The Morgan fingerprint density at radius 3 is 2.93 bits per heavy atom. The minimum Gasteiger partial charge on any atom is -0.385 e. The summed E-state index contributed by atoms with van der Waals surface area (Å²) in [7, 11) is 0. The van der Waals surface area contributed by atoms with Crippen molar-refractivity contribution in [2.24, 2.45) is 0 Å². The van der Waals surface area contributed by atoms with Crippen LogP contribution in [0.1, 0.15) is 19.4 Å². The van der Waals surface area contributed by atoms with Gasteiger partial charge in [-0.05, 0) is 37.6 Å². The van der Waals surface area contributed by atoms with Crippen molar-refractivity contribution in [1.82, 2.24) is 0 Å². The number of hydrogen-bond acceptors (Lipinski definition) is 2. The average Bonchev–Trinajstić information content (AvgIpc) is 2.19. The molecule has 80 valence electrons. The Bertz CT molecular complexity index is 355. The van der Waals surface area contributed by atoms with Crippen molar-refractivity contribution in [3.63, 3.8) is 0 Å². The number of carbonyl (C=O) groups excluding carboxylic acids is 1. The van der Waals surface area contributed by atoms with E-state index in [0.717, 1.165) is 17.8 Å². The summed E-state index contributed by atoms with van der Waals surface area (Å²) < 4.78 is 0. The van der Waals surface area contributed by atoms with Gasteiger partial charge in [0.2, 0.25) is 0 Å². The standard InChI is InChI=1S/C13H17NO/c1-3-6-13(15)10-11-7-5-8-12(9-11)14-4-2/h3,5-9,14H,4,10H2,1-2H3. The first-order valence-corrected chi connectivity index (χ1v) is 5.24. The molecule has 0 aliphatic carbocycles. The Labute approximate surface area is 91.0 Å². The van der Waals surface area contributed by atoms with Gasteiger partial charge in [-0.3, -0.25) is 4.79 Å². The van der Waals surface area contributed by atoms with E-state index in [0.29, 0.717) is 6.42 Å². The largest absolute Gasteiger partial charge is 0.385 e. The quantitative estimate of drug-likeness (QED) is 0.745. The van der Waals surface area contributed by atoms with E-state index in [1.807, 2.05) is 31.2 Å². The average molecular weight is 203 g/mol. The third-order valence-corrected chi connectivity index (χ3v) is 2.04. The number of ketones is 1. The van der Waals surface area contributed by atoms with Crippen LogP contribution in [0, 0.1) is 0 Å². The zero-order chi connectivity index (χ0) is 11.1. The molecule has 0 spiro atoms. The summed E-state index contributed by atoms with van der Waals surface area (Å²) >= 11 is 0. The second-order valence-corrected chi connectivity index (χ2v) is 3.37. The fourth-order valence-electron chi connectivity index (χ4n) is 1.44. The number of anilines is 1. The van der Waals surface area contributed by atoms with Crippen molar-refractivity contribution >= 4 is 11.5 Å². The Hall–Kier alpha value is -1.57.